The number of aliphatic imine (C=N–C) groups is 1. The Hall–Kier alpha value is -1.88. The molecule has 0 unspecified atom stereocenters. The highest BCUT2D eigenvalue weighted by molar-refractivity contribution is 14.0. The van der Waals surface area contributed by atoms with E-state index in [1.807, 2.05) is 23.7 Å². The van der Waals surface area contributed by atoms with Gasteiger partial charge in [-0.05, 0) is 50.6 Å². The molecular formula is C23H37FIN7. The lowest BCUT2D eigenvalue weighted by atomic mass is 10.1. The normalized spacial score (nSPS) is 14.9. The minimum Gasteiger partial charge on any atom is -0.367 e. The van der Waals surface area contributed by atoms with Crippen molar-refractivity contribution in [3.63, 3.8) is 0 Å². The van der Waals surface area contributed by atoms with Crippen molar-refractivity contribution in [1.82, 2.24) is 25.3 Å². The number of guanidine groups is 1. The third-order valence-corrected chi connectivity index (χ3v) is 5.80. The molecule has 0 aliphatic carbocycles. The van der Waals surface area contributed by atoms with Crippen LogP contribution in [0.15, 0.2) is 29.3 Å². The van der Waals surface area contributed by atoms with E-state index in [0.717, 1.165) is 63.5 Å². The van der Waals surface area contributed by atoms with Crippen molar-refractivity contribution < 1.29 is 4.39 Å². The molecule has 1 aromatic heterocycles. The summed E-state index contributed by atoms with van der Waals surface area (Å²) >= 11 is 0. The van der Waals surface area contributed by atoms with Crippen LogP contribution in [0, 0.1) is 19.7 Å². The molecule has 1 aromatic carbocycles. The largest absolute Gasteiger partial charge is 0.367 e. The van der Waals surface area contributed by atoms with Gasteiger partial charge in [0.2, 0.25) is 0 Å². The fraction of sp³-hybridized carbons (Fsp3) is 0.565. The predicted molar refractivity (Wildman–Crippen MR) is 141 cm³/mol. The van der Waals surface area contributed by atoms with Gasteiger partial charge in [-0.15, -0.1) is 24.0 Å². The van der Waals surface area contributed by atoms with Crippen LogP contribution >= 0.6 is 24.0 Å². The molecule has 3 rings (SSSR count). The van der Waals surface area contributed by atoms with Gasteiger partial charge in [-0.2, -0.15) is 5.10 Å². The van der Waals surface area contributed by atoms with Crippen LogP contribution in [0.25, 0.3) is 0 Å². The smallest absolute Gasteiger partial charge is 0.191 e. The molecule has 7 nitrogen and oxygen atoms in total. The van der Waals surface area contributed by atoms with Crippen LogP contribution < -0.4 is 15.5 Å². The number of halogens is 2. The van der Waals surface area contributed by atoms with E-state index in [-0.39, 0.29) is 29.8 Å². The summed E-state index contributed by atoms with van der Waals surface area (Å²) in [5.74, 6) is 0.561. The first-order chi connectivity index (χ1) is 15.0. The Bertz CT molecular complexity index is 875. The minimum absolute atomic E-state index is 0. The Morgan fingerprint density at radius 2 is 1.88 bits per heavy atom. The minimum atomic E-state index is -0.155. The van der Waals surface area contributed by atoms with Gasteiger partial charge in [0.15, 0.2) is 5.96 Å². The van der Waals surface area contributed by atoms with Gasteiger partial charge in [-0.1, -0.05) is 13.0 Å². The van der Waals surface area contributed by atoms with Crippen LogP contribution in [0.1, 0.15) is 30.3 Å². The van der Waals surface area contributed by atoms with Crippen LogP contribution in [-0.4, -0.2) is 67.0 Å². The number of benzene rings is 1. The van der Waals surface area contributed by atoms with Gasteiger partial charge in [-0.3, -0.25) is 9.67 Å². The summed E-state index contributed by atoms with van der Waals surface area (Å²) in [4.78, 5) is 8.80. The lowest BCUT2D eigenvalue weighted by Crippen LogP contribution is -2.46. The molecule has 0 spiro atoms. The number of hydrogen-bond donors (Lipinski definition) is 2. The van der Waals surface area contributed by atoms with E-state index < -0.39 is 0 Å². The van der Waals surface area contributed by atoms with Gasteiger partial charge in [0, 0.05) is 58.6 Å². The summed E-state index contributed by atoms with van der Waals surface area (Å²) in [5.41, 5.74) is 3.83. The summed E-state index contributed by atoms with van der Waals surface area (Å²) in [6, 6.07) is 7.61. The average Bonchev–Trinajstić information content (AvgIpc) is 3.10. The Morgan fingerprint density at radius 3 is 2.47 bits per heavy atom. The topological polar surface area (TPSA) is 60.7 Å². The van der Waals surface area contributed by atoms with Crippen molar-refractivity contribution in [2.24, 2.45) is 4.99 Å². The van der Waals surface area contributed by atoms with Gasteiger partial charge in [0.25, 0.3) is 0 Å². The lowest BCUT2D eigenvalue weighted by molar-refractivity contribution is 0.270. The lowest BCUT2D eigenvalue weighted by Gasteiger charge is -2.35. The van der Waals surface area contributed by atoms with Crippen molar-refractivity contribution >= 4 is 35.6 Å². The first-order valence-electron chi connectivity index (χ1n) is 11.2. The van der Waals surface area contributed by atoms with Crippen molar-refractivity contribution in [2.75, 3.05) is 51.2 Å². The quantitative estimate of drug-likeness (QED) is 0.226. The summed E-state index contributed by atoms with van der Waals surface area (Å²) in [5, 5.41) is 11.1. The number of nitrogens with one attached hydrogen (secondary N) is 2. The number of rotatable bonds is 8. The molecule has 2 aromatic rings. The summed E-state index contributed by atoms with van der Waals surface area (Å²) < 4.78 is 16.8. The third kappa shape index (κ3) is 7.33. The van der Waals surface area contributed by atoms with E-state index in [1.165, 1.54) is 5.69 Å². The van der Waals surface area contributed by atoms with Crippen LogP contribution in [0.3, 0.4) is 0 Å². The molecule has 9 heteroatoms. The molecular weight excluding hydrogens is 520 g/mol. The summed E-state index contributed by atoms with van der Waals surface area (Å²) in [6.07, 6.45) is 0.942. The highest BCUT2D eigenvalue weighted by Crippen LogP contribution is 2.22. The van der Waals surface area contributed by atoms with Crippen LogP contribution in [0.4, 0.5) is 10.1 Å². The molecule has 1 saturated heterocycles. The second-order valence-corrected chi connectivity index (χ2v) is 8.06. The molecule has 0 bridgehead atoms. The summed E-state index contributed by atoms with van der Waals surface area (Å²) in [6.45, 7) is 13.2. The Labute approximate surface area is 208 Å². The maximum absolute atomic E-state index is 14.7. The van der Waals surface area contributed by atoms with Gasteiger partial charge in [0.1, 0.15) is 5.82 Å². The van der Waals surface area contributed by atoms with Crippen molar-refractivity contribution in [3.8, 4) is 0 Å². The van der Waals surface area contributed by atoms with E-state index in [1.54, 1.807) is 13.1 Å². The standard InChI is InChI=1S/C23H36FN7.HI/c1-5-29-11-13-30(14-12-29)22-8-7-20(16-21(22)24)17-27-23(25-4)26-9-6-10-31-19(3)15-18(2)28-31;/h7-8,15-16H,5-6,9-14,17H2,1-4H3,(H2,25,26,27);1H. The van der Waals surface area contributed by atoms with Crippen LogP contribution in [0.2, 0.25) is 0 Å². The van der Waals surface area contributed by atoms with Gasteiger partial charge < -0.3 is 20.4 Å². The van der Waals surface area contributed by atoms with Crippen molar-refractivity contribution in [1.29, 1.82) is 0 Å². The van der Waals surface area contributed by atoms with E-state index in [9.17, 15) is 4.39 Å². The highest BCUT2D eigenvalue weighted by atomic mass is 127. The molecule has 1 aliphatic heterocycles. The molecule has 0 radical (unpaired) electrons. The van der Waals surface area contributed by atoms with E-state index in [0.29, 0.717) is 18.2 Å². The SMILES string of the molecule is CCN1CCN(c2ccc(CNC(=NC)NCCCn3nc(C)cc3C)cc2F)CC1.I. The monoisotopic (exact) mass is 557 g/mol. The Balaban J connectivity index is 0.00000363. The number of aryl methyl sites for hydroxylation is 3. The maximum atomic E-state index is 14.7. The average molecular weight is 558 g/mol. The van der Waals surface area contributed by atoms with E-state index in [4.69, 9.17) is 0 Å². The van der Waals surface area contributed by atoms with Crippen LogP contribution in [-0.2, 0) is 13.1 Å². The Morgan fingerprint density at radius 1 is 1.12 bits per heavy atom. The zero-order valence-corrected chi connectivity index (χ0v) is 22.0. The maximum Gasteiger partial charge on any atom is 0.191 e. The van der Waals surface area contributed by atoms with Gasteiger partial charge in [-0.25, -0.2) is 4.39 Å². The van der Waals surface area contributed by atoms with Crippen LogP contribution in [0.5, 0.6) is 0 Å². The van der Waals surface area contributed by atoms with Crippen molar-refractivity contribution in [3.05, 3.63) is 47.0 Å². The predicted octanol–water partition coefficient (Wildman–Crippen LogP) is 3.15. The number of nitrogens with zero attached hydrogens (tertiary/aromatic N) is 5. The molecule has 0 saturated carbocycles. The fourth-order valence-electron chi connectivity index (χ4n) is 3.97. The van der Waals surface area contributed by atoms with Gasteiger partial charge >= 0.3 is 0 Å². The Kier molecular flexibility index (Phi) is 10.7. The molecule has 178 valence electrons. The molecule has 1 aliphatic rings. The molecule has 1 fully saturated rings. The molecule has 2 N–H and O–H groups in total. The van der Waals surface area contributed by atoms with E-state index >= 15 is 0 Å². The molecule has 32 heavy (non-hydrogen) atoms. The first kappa shape index (κ1) is 26.4. The van der Waals surface area contributed by atoms with E-state index in [2.05, 4.69) is 50.4 Å². The number of hydrogen-bond acceptors (Lipinski definition) is 4. The second kappa shape index (κ2) is 13.0. The molecule has 0 amide bonds. The zero-order chi connectivity index (χ0) is 22.2. The second-order valence-electron chi connectivity index (χ2n) is 8.06. The number of likely N-dealkylation sites (N-methyl/N-ethyl adjacent to an activating group) is 1. The number of aromatic nitrogens is 2. The summed E-state index contributed by atoms with van der Waals surface area (Å²) in [7, 11) is 1.75. The zero-order valence-electron chi connectivity index (χ0n) is 19.7. The first-order valence-corrected chi connectivity index (χ1v) is 11.2. The fourth-order valence-corrected chi connectivity index (χ4v) is 3.97. The molecule has 2 heterocycles. The third-order valence-electron chi connectivity index (χ3n) is 5.80. The molecule has 0 atom stereocenters. The highest BCUT2D eigenvalue weighted by Gasteiger charge is 2.18. The number of anilines is 1. The number of piperazine rings is 1. The van der Waals surface area contributed by atoms with Crippen molar-refractivity contribution in [2.45, 2.75) is 40.3 Å². The van der Waals surface area contributed by atoms with Gasteiger partial charge in [0.05, 0.1) is 11.4 Å².